The first-order valence-corrected chi connectivity index (χ1v) is 11.0. The molecule has 0 atom stereocenters. The number of amides is 1. The van der Waals surface area contributed by atoms with E-state index in [0.717, 1.165) is 28.5 Å². The number of rotatable bonds is 8. The van der Waals surface area contributed by atoms with E-state index >= 15 is 0 Å². The molecule has 0 fully saturated rings. The minimum absolute atomic E-state index is 0.0458. The van der Waals surface area contributed by atoms with E-state index in [9.17, 15) is 9.59 Å². The fourth-order valence-corrected chi connectivity index (χ4v) is 3.94. The number of esters is 1. The monoisotopic (exact) mass is 441 g/mol. The minimum Gasteiger partial charge on any atom is -0.465 e. The number of benzene rings is 2. The van der Waals surface area contributed by atoms with Gasteiger partial charge < -0.3 is 14.2 Å². The van der Waals surface area contributed by atoms with Crippen LogP contribution in [-0.2, 0) is 35.6 Å². The maximum absolute atomic E-state index is 13.5. The molecule has 0 aliphatic rings. The molecule has 4 aromatic rings. The Balaban J connectivity index is 1.62. The number of carbonyl (C=O) groups excluding carboxylic acids is 2. The van der Waals surface area contributed by atoms with E-state index < -0.39 is 5.97 Å². The fourth-order valence-electron chi connectivity index (χ4n) is 3.94. The third-order valence-electron chi connectivity index (χ3n) is 5.75. The van der Waals surface area contributed by atoms with E-state index in [-0.39, 0.29) is 12.5 Å². The van der Waals surface area contributed by atoms with Crippen molar-refractivity contribution in [1.29, 1.82) is 0 Å². The van der Waals surface area contributed by atoms with Gasteiger partial charge in [0.25, 0.3) is 0 Å². The average molecular weight is 442 g/mol. The van der Waals surface area contributed by atoms with Crippen LogP contribution >= 0.6 is 0 Å². The summed E-state index contributed by atoms with van der Waals surface area (Å²) in [4.78, 5) is 31.8. The quantitative estimate of drug-likeness (QED) is 0.375. The minimum atomic E-state index is -0.416. The van der Waals surface area contributed by atoms with E-state index in [2.05, 4.69) is 36.2 Å². The molecule has 0 N–H and O–H groups in total. The molecule has 6 nitrogen and oxygen atoms in total. The lowest BCUT2D eigenvalue weighted by molar-refractivity contribution is -0.133. The Bertz CT molecular complexity index is 1250. The van der Waals surface area contributed by atoms with E-state index in [4.69, 9.17) is 4.74 Å². The Labute approximate surface area is 193 Å². The van der Waals surface area contributed by atoms with Crippen LogP contribution in [0.2, 0.25) is 0 Å². The molecule has 6 heteroatoms. The number of ether oxygens (including phenoxy) is 1. The summed E-state index contributed by atoms with van der Waals surface area (Å²) >= 11 is 0. The molecule has 2 aromatic carbocycles. The number of pyridine rings is 1. The largest absolute Gasteiger partial charge is 0.465 e. The molecular formula is C27H27N3O3. The Hall–Kier alpha value is -3.93. The summed E-state index contributed by atoms with van der Waals surface area (Å²) in [6.07, 6.45) is 6.18. The number of hydrogen-bond donors (Lipinski definition) is 0. The SMILES string of the molecule is CCc1ccc(CN(Cc2cccnc2)C(=O)Cn2cc(C(=O)OC)c3ccccc32)cc1. The van der Waals surface area contributed by atoms with Crippen LogP contribution in [0.1, 0.15) is 34.0 Å². The first-order valence-electron chi connectivity index (χ1n) is 11.0. The second-order valence-electron chi connectivity index (χ2n) is 7.96. The van der Waals surface area contributed by atoms with Crippen molar-refractivity contribution in [2.45, 2.75) is 33.0 Å². The van der Waals surface area contributed by atoms with Crippen LogP contribution in [0.4, 0.5) is 0 Å². The second-order valence-corrected chi connectivity index (χ2v) is 7.96. The standard InChI is InChI=1S/C27H27N3O3/c1-3-20-10-12-21(13-11-20)16-30(17-22-7-6-14-28-15-22)26(31)19-29-18-24(27(32)33-2)23-8-4-5-9-25(23)29/h4-15,18H,3,16-17,19H2,1-2H3. The molecule has 2 heterocycles. The van der Waals surface area contributed by atoms with Crippen LogP contribution in [-0.4, -0.2) is 33.4 Å². The Morgan fingerprint density at radius 3 is 2.36 bits per heavy atom. The first-order chi connectivity index (χ1) is 16.1. The van der Waals surface area contributed by atoms with Gasteiger partial charge in [0.05, 0.1) is 12.7 Å². The van der Waals surface area contributed by atoms with Crippen LogP contribution in [0.5, 0.6) is 0 Å². The predicted octanol–water partition coefficient (Wildman–Crippen LogP) is 4.61. The topological polar surface area (TPSA) is 64.4 Å². The van der Waals surface area contributed by atoms with Crippen molar-refractivity contribution in [2.75, 3.05) is 7.11 Å². The van der Waals surface area contributed by atoms with Gasteiger partial charge in [-0.15, -0.1) is 0 Å². The third kappa shape index (κ3) is 5.12. The number of aryl methyl sites for hydroxylation is 1. The molecular weight excluding hydrogens is 414 g/mol. The summed E-state index contributed by atoms with van der Waals surface area (Å²) in [6.45, 7) is 3.17. The highest BCUT2D eigenvalue weighted by molar-refractivity contribution is 6.04. The van der Waals surface area contributed by atoms with Crippen molar-refractivity contribution in [3.05, 3.63) is 102 Å². The molecule has 0 unspecified atom stereocenters. The highest BCUT2D eigenvalue weighted by Gasteiger charge is 2.20. The zero-order valence-electron chi connectivity index (χ0n) is 18.9. The van der Waals surface area contributed by atoms with Crippen LogP contribution in [0.25, 0.3) is 10.9 Å². The fraction of sp³-hybridized carbons (Fsp3) is 0.222. The van der Waals surface area contributed by atoms with Gasteiger partial charge in [-0.2, -0.15) is 0 Å². The van der Waals surface area contributed by atoms with E-state index in [1.54, 1.807) is 18.6 Å². The van der Waals surface area contributed by atoms with Crippen LogP contribution in [0, 0.1) is 0 Å². The van der Waals surface area contributed by atoms with Crippen molar-refractivity contribution in [3.8, 4) is 0 Å². The number of hydrogen-bond acceptors (Lipinski definition) is 4. The smallest absolute Gasteiger partial charge is 0.340 e. The summed E-state index contributed by atoms with van der Waals surface area (Å²) in [5.41, 5.74) is 4.56. The summed E-state index contributed by atoms with van der Waals surface area (Å²) < 4.78 is 6.75. The number of aromatic nitrogens is 2. The molecule has 0 aliphatic heterocycles. The first kappa shape index (κ1) is 22.3. The van der Waals surface area contributed by atoms with E-state index in [0.29, 0.717) is 18.7 Å². The summed E-state index contributed by atoms with van der Waals surface area (Å²) in [5.74, 6) is -0.462. The Morgan fingerprint density at radius 1 is 0.939 bits per heavy atom. The Morgan fingerprint density at radius 2 is 1.67 bits per heavy atom. The highest BCUT2D eigenvalue weighted by Crippen LogP contribution is 2.23. The van der Waals surface area contributed by atoms with Gasteiger partial charge in [-0.1, -0.05) is 55.5 Å². The van der Waals surface area contributed by atoms with Gasteiger partial charge >= 0.3 is 5.97 Å². The van der Waals surface area contributed by atoms with Gasteiger partial charge in [0.2, 0.25) is 5.91 Å². The van der Waals surface area contributed by atoms with Crippen LogP contribution in [0.3, 0.4) is 0 Å². The van der Waals surface area contributed by atoms with Gasteiger partial charge in [-0.3, -0.25) is 9.78 Å². The maximum Gasteiger partial charge on any atom is 0.340 e. The lowest BCUT2D eigenvalue weighted by Gasteiger charge is -2.23. The molecule has 4 rings (SSSR count). The molecule has 0 spiro atoms. The van der Waals surface area contributed by atoms with Gasteiger partial charge in [0.1, 0.15) is 6.54 Å². The molecule has 1 amide bonds. The molecule has 33 heavy (non-hydrogen) atoms. The van der Waals surface area contributed by atoms with E-state index in [1.165, 1.54) is 12.7 Å². The van der Waals surface area contributed by atoms with Crippen LogP contribution in [0.15, 0.2) is 79.3 Å². The number of para-hydroxylation sites is 1. The summed E-state index contributed by atoms with van der Waals surface area (Å²) in [5, 5.41) is 0.770. The van der Waals surface area contributed by atoms with Gasteiger partial charge in [-0.25, -0.2) is 4.79 Å². The lowest BCUT2D eigenvalue weighted by atomic mass is 10.1. The average Bonchev–Trinajstić information content (AvgIpc) is 3.22. The summed E-state index contributed by atoms with van der Waals surface area (Å²) in [6, 6.07) is 19.7. The summed E-state index contributed by atoms with van der Waals surface area (Å²) in [7, 11) is 1.36. The third-order valence-corrected chi connectivity index (χ3v) is 5.75. The molecule has 0 saturated carbocycles. The Kier molecular flexibility index (Phi) is 6.83. The van der Waals surface area contributed by atoms with Gasteiger partial charge in [-0.05, 0) is 35.2 Å². The van der Waals surface area contributed by atoms with Crippen molar-refractivity contribution in [1.82, 2.24) is 14.5 Å². The van der Waals surface area contributed by atoms with Crippen molar-refractivity contribution in [2.24, 2.45) is 0 Å². The molecule has 168 valence electrons. The number of methoxy groups -OCH3 is 1. The molecule has 0 bridgehead atoms. The predicted molar refractivity (Wildman–Crippen MR) is 128 cm³/mol. The second kappa shape index (κ2) is 10.1. The normalized spacial score (nSPS) is 10.8. The zero-order chi connectivity index (χ0) is 23.2. The lowest BCUT2D eigenvalue weighted by Crippen LogP contribution is -2.33. The van der Waals surface area contributed by atoms with Crippen molar-refractivity contribution in [3.63, 3.8) is 0 Å². The number of fused-ring (bicyclic) bond motifs is 1. The molecule has 0 aliphatic carbocycles. The van der Waals surface area contributed by atoms with Gasteiger partial charge in [0.15, 0.2) is 0 Å². The number of carbonyl (C=O) groups is 2. The highest BCUT2D eigenvalue weighted by atomic mass is 16.5. The van der Waals surface area contributed by atoms with Crippen molar-refractivity contribution < 1.29 is 14.3 Å². The molecule has 2 aromatic heterocycles. The maximum atomic E-state index is 13.5. The zero-order valence-corrected chi connectivity index (χ0v) is 18.9. The number of nitrogens with zero attached hydrogens (tertiary/aromatic N) is 3. The van der Waals surface area contributed by atoms with Gasteiger partial charge in [0, 0.05) is 42.6 Å². The van der Waals surface area contributed by atoms with Crippen molar-refractivity contribution >= 4 is 22.8 Å². The van der Waals surface area contributed by atoms with E-state index in [1.807, 2.05) is 45.9 Å². The molecule has 0 saturated heterocycles. The van der Waals surface area contributed by atoms with Crippen LogP contribution < -0.4 is 0 Å². The molecule has 0 radical (unpaired) electrons.